The summed E-state index contributed by atoms with van der Waals surface area (Å²) in [6.07, 6.45) is 3.29. The van der Waals surface area contributed by atoms with Crippen LogP contribution in [0.1, 0.15) is 35.1 Å². The van der Waals surface area contributed by atoms with Gasteiger partial charge in [0, 0.05) is 25.6 Å². The highest BCUT2D eigenvalue weighted by Crippen LogP contribution is 2.27. The Kier molecular flexibility index (Phi) is 6.45. The molecule has 11 heteroatoms. The summed E-state index contributed by atoms with van der Waals surface area (Å²) in [6.45, 7) is 2.05. The minimum Gasteiger partial charge on any atom is -0.336 e. The maximum atomic E-state index is 12.8. The normalized spacial score (nSPS) is 16.4. The number of nitrogens with two attached hydrogens (primary N) is 1. The summed E-state index contributed by atoms with van der Waals surface area (Å²) in [5, 5.41) is 14.7. The highest BCUT2D eigenvalue weighted by molar-refractivity contribution is 5.92. The molecule has 1 amide bonds. The first-order valence-electron chi connectivity index (χ1n) is 9.29. The number of halogens is 1. The number of amides is 1. The second-order valence-electron chi connectivity index (χ2n) is 6.80. The van der Waals surface area contributed by atoms with Gasteiger partial charge in [0.05, 0.1) is 18.4 Å². The molecule has 0 saturated carbocycles. The third kappa shape index (κ3) is 4.22. The van der Waals surface area contributed by atoms with E-state index in [1.54, 1.807) is 20.3 Å². The summed E-state index contributed by atoms with van der Waals surface area (Å²) in [5.74, 6) is 0.425. The van der Waals surface area contributed by atoms with Crippen molar-refractivity contribution >= 4 is 18.3 Å². The third-order valence-corrected chi connectivity index (χ3v) is 4.90. The first-order valence-corrected chi connectivity index (χ1v) is 9.29. The molecule has 1 aliphatic rings. The Bertz CT molecular complexity index is 1010. The van der Waals surface area contributed by atoms with E-state index < -0.39 is 0 Å². The van der Waals surface area contributed by atoms with Gasteiger partial charge in [-0.1, -0.05) is 23.4 Å². The number of para-hydroxylation sites is 1. The topological polar surface area (TPSA) is 128 Å². The van der Waals surface area contributed by atoms with Gasteiger partial charge in [-0.25, -0.2) is 14.5 Å². The van der Waals surface area contributed by atoms with Crippen LogP contribution < -0.4 is 11.4 Å². The highest BCUT2D eigenvalue weighted by Gasteiger charge is 2.30. The summed E-state index contributed by atoms with van der Waals surface area (Å²) >= 11 is 0. The highest BCUT2D eigenvalue weighted by atomic mass is 35.5. The molecule has 29 heavy (non-hydrogen) atoms. The molecule has 3 aromatic rings. The molecule has 1 aromatic carbocycles. The van der Waals surface area contributed by atoms with Crippen molar-refractivity contribution in [3.05, 3.63) is 58.5 Å². The Morgan fingerprint density at radius 2 is 2.07 bits per heavy atom. The second kappa shape index (κ2) is 9.01. The van der Waals surface area contributed by atoms with Crippen molar-refractivity contribution in [3.63, 3.8) is 0 Å². The van der Waals surface area contributed by atoms with E-state index in [2.05, 4.69) is 20.5 Å². The number of hydrogen-bond acceptors (Lipinski definition) is 6. The van der Waals surface area contributed by atoms with E-state index in [1.807, 2.05) is 30.3 Å². The van der Waals surface area contributed by atoms with Crippen molar-refractivity contribution in [2.24, 2.45) is 5.73 Å². The monoisotopic (exact) mass is 418 g/mol. The molecule has 1 fully saturated rings. The predicted octanol–water partition coefficient (Wildman–Crippen LogP) is 0.552. The van der Waals surface area contributed by atoms with E-state index in [1.165, 1.54) is 0 Å². The fourth-order valence-corrected chi connectivity index (χ4v) is 3.58. The number of nitrogens with zero attached hydrogens (tertiary/aromatic N) is 6. The number of hydrogen-bond donors (Lipinski definition) is 2. The number of carbonyl (C=O) groups excluding carboxylic acids is 1. The van der Waals surface area contributed by atoms with E-state index in [0.717, 1.165) is 18.5 Å². The maximum Gasteiger partial charge on any atom is 0.347 e. The van der Waals surface area contributed by atoms with Gasteiger partial charge in [0.2, 0.25) is 0 Å². The van der Waals surface area contributed by atoms with Crippen LogP contribution in [-0.2, 0) is 6.54 Å². The van der Waals surface area contributed by atoms with Crippen molar-refractivity contribution in [2.45, 2.75) is 25.3 Å². The Morgan fingerprint density at radius 3 is 2.83 bits per heavy atom. The lowest BCUT2D eigenvalue weighted by Gasteiger charge is -2.31. The molecule has 1 unspecified atom stereocenters. The molecule has 3 N–H and O–H groups in total. The average molecular weight is 419 g/mol. The summed E-state index contributed by atoms with van der Waals surface area (Å²) in [4.78, 5) is 26.9. The number of H-pyrrole nitrogens is 1. The zero-order valence-corrected chi connectivity index (χ0v) is 16.6. The number of benzene rings is 1. The van der Waals surface area contributed by atoms with Crippen LogP contribution in [-0.4, -0.2) is 60.2 Å². The molecular formula is C18H23ClN8O2. The fraction of sp³-hybridized carbons (Fsp3) is 0.389. The molecule has 0 bridgehead atoms. The third-order valence-electron chi connectivity index (χ3n) is 4.90. The summed E-state index contributed by atoms with van der Waals surface area (Å²) in [5.41, 5.74) is 6.29. The van der Waals surface area contributed by atoms with Crippen LogP contribution in [0.25, 0.3) is 5.69 Å². The first-order chi connectivity index (χ1) is 13.7. The zero-order chi connectivity index (χ0) is 19.5. The quantitative estimate of drug-likeness (QED) is 0.622. The van der Waals surface area contributed by atoms with Gasteiger partial charge in [-0.2, -0.15) is 5.10 Å². The second-order valence-corrected chi connectivity index (χ2v) is 6.80. The predicted molar refractivity (Wildman–Crippen MR) is 108 cm³/mol. The Labute approximate surface area is 173 Å². The molecule has 1 aliphatic heterocycles. The van der Waals surface area contributed by atoms with Crippen molar-refractivity contribution in [3.8, 4) is 5.69 Å². The fourth-order valence-electron chi connectivity index (χ4n) is 3.58. The van der Waals surface area contributed by atoms with E-state index in [0.29, 0.717) is 37.7 Å². The lowest BCUT2D eigenvalue weighted by Crippen LogP contribution is -2.40. The molecule has 154 valence electrons. The smallest absolute Gasteiger partial charge is 0.336 e. The minimum absolute atomic E-state index is 0. The molecule has 1 atom stereocenters. The summed E-state index contributed by atoms with van der Waals surface area (Å²) in [7, 11) is 0. The zero-order valence-electron chi connectivity index (χ0n) is 15.8. The summed E-state index contributed by atoms with van der Waals surface area (Å²) in [6, 6.07) is 9.37. The Balaban J connectivity index is 0.00000240. The molecule has 1 saturated heterocycles. The lowest BCUT2D eigenvalue weighted by molar-refractivity contribution is 0.0697. The van der Waals surface area contributed by atoms with Crippen LogP contribution in [0.3, 0.4) is 0 Å². The standard InChI is InChI=1S/C18H22N8O2.ClH/c19-8-10-25-12-15(20-23-25)17(27)24-9-4-5-13(11-24)16-21-22-18(28)26(16)14-6-2-1-3-7-14;/h1-3,6-7,12-13H,4-5,8-11,19H2,(H,22,28);1H. The van der Waals surface area contributed by atoms with Crippen molar-refractivity contribution in [1.82, 2.24) is 34.7 Å². The Hall–Kier alpha value is -2.98. The Morgan fingerprint density at radius 1 is 1.28 bits per heavy atom. The van der Waals surface area contributed by atoms with E-state index in [9.17, 15) is 9.59 Å². The van der Waals surface area contributed by atoms with Gasteiger partial charge in [0.15, 0.2) is 5.69 Å². The number of rotatable bonds is 5. The van der Waals surface area contributed by atoms with Gasteiger partial charge < -0.3 is 10.6 Å². The van der Waals surface area contributed by atoms with Crippen LogP contribution in [0, 0.1) is 0 Å². The number of carbonyl (C=O) groups is 1. The molecule has 0 aliphatic carbocycles. The molecule has 10 nitrogen and oxygen atoms in total. The van der Waals surface area contributed by atoms with Gasteiger partial charge in [-0.3, -0.25) is 9.48 Å². The average Bonchev–Trinajstić information content (AvgIpc) is 3.35. The van der Waals surface area contributed by atoms with Crippen molar-refractivity contribution < 1.29 is 4.79 Å². The van der Waals surface area contributed by atoms with Gasteiger partial charge >= 0.3 is 5.69 Å². The van der Waals surface area contributed by atoms with Gasteiger partial charge in [-0.05, 0) is 25.0 Å². The van der Waals surface area contributed by atoms with Crippen LogP contribution in [0.4, 0.5) is 0 Å². The number of aromatic amines is 1. The van der Waals surface area contributed by atoms with Gasteiger partial charge in [0.1, 0.15) is 5.82 Å². The summed E-state index contributed by atoms with van der Waals surface area (Å²) < 4.78 is 3.14. The number of likely N-dealkylation sites (tertiary alicyclic amines) is 1. The molecule has 4 rings (SSSR count). The molecule has 3 heterocycles. The molecule has 0 spiro atoms. The molecular weight excluding hydrogens is 396 g/mol. The number of nitrogens with one attached hydrogen (secondary N) is 1. The van der Waals surface area contributed by atoms with Gasteiger partial charge in [-0.15, -0.1) is 17.5 Å². The largest absolute Gasteiger partial charge is 0.347 e. The minimum atomic E-state index is -0.283. The SMILES string of the molecule is Cl.NCCn1cc(C(=O)N2CCCC(c3n[nH]c(=O)n3-c3ccccc3)C2)nn1. The first kappa shape index (κ1) is 20.7. The molecule has 0 radical (unpaired) electrons. The van der Waals surface area contributed by atoms with Crippen molar-refractivity contribution in [1.29, 1.82) is 0 Å². The molecule has 2 aromatic heterocycles. The van der Waals surface area contributed by atoms with Crippen LogP contribution in [0.15, 0.2) is 41.3 Å². The van der Waals surface area contributed by atoms with E-state index in [4.69, 9.17) is 5.73 Å². The van der Waals surface area contributed by atoms with E-state index >= 15 is 0 Å². The maximum absolute atomic E-state index is 12.8. The lowest BCUT2D eigenvalue weighted by atomic mass is 9.96. The number of aromatic nitrogens is 6. The van der Waals surface area contributed by atoms with Crippen LogP contribution in [0.2, 0.25) is 0 Å². The van der Waals surface area contributed by atoms with Crippen LogP contribution >= 0.6 is 12.4 Å². The van der Waals surface area contributed by atoms with E-state index in [-0.39, 0.29) is 29.9 Å². The van der Waals surface area contributed by atoms with Gasteiger partial charge in [0.25, 0.3) is 5.91 Å². The number of piperidine rings is 1. The van der Waals surface area contributed by atoms with Crippen molar-refractivity contribution in [2.75, 3.05) is 19.6 Å². The van der Waals surface area contributed by atoms with Crippen LogP contribution in [0.5, 0.6) is 0 Å².